The van der Waals surface area contributed by atoms with Crippen LogP contribution in [0.1, 0.15) is 37.4 Å². The van der Waals surface area contributed by atoms with E-state index in [0.29, 0.717) is 12.8 Å². The minimum Gasteiger partial charge on any atom is -0.481 e. The molecule has 4 nitrogen and oxygen atoms in total. The second-order valence-corrected chi connectivity index (χ2v) is 4.48. The van der Waals surface area contributed by atoms with E-state index in [9.17, 15) is 18.0 Å². The van der Waals surface area contributed by atoms with Gasteiger partial charge < -0.3 is 5.11 Å². The van der Waals surface area contributed by atoms with E-state index in [1.54, 1.807) is 0 Å². The Morgan fingerprint density at radius 1 is 1.39 bits per heavy atom. The predicted molar refractivity (Wildman–Crippen MR) is 55.9 cm³/mol. The van der Waals surface area contributed by atoms with Crippen molar-refractivity contribution in [3.05, 3.63) is 18.0 Å². The number of hydrogen-bond acceptors (Lipinski definition) is 2. The van der Waals surface area contributed by atoms with E-state index in [0.717, 1.165) is 23.6 Å². The molecule has 0 radical (unpaired) electrons. The normalized spacial score (nSPS) is 25.1. The van der Waals surface area contributed by atoms with Crippen molar-refractivity contribution in [3.8, 4) is 0 Å². The van der Waals surface area contributed by atoms with Crippen LogP contribution in [0.25, 0.3) is 0 Å². The van der Waals surface area contributed by atoms with Gasteiger partial charge in [0.1, 0.15) is 0 Å². The zero-order valence-corrected chi connectivity index (χ0v) is 9.52. The van der Waals surface area contributed by atoms with Gasteiger partial charge in [-0.25, -0.2) is 0 Å². The zero-order chi connectivity index (χ0) is 13.3. The first-order valence-electron chi connectivity index (χ1n) is 5.75. The summed E-state index contributed by atoms with van der Waals surface area (Å²) in [6, 6.07) is 0.403. The monoisotopic (exact) mass is 262 g/mol. The van der Waals surface area contributed by atoms with Crippen LogP contribution in [0.4, 0.5) is 13.2 Å². The van der Waals surface area contributed by atoms with Crippen LogP contribution in [0, 0.1) is 5.92 Å². The summed E-state index contributed by atoms with van der Waals surface area (Å²) >= 11 is 0. The number of aliphatic carboxylic acids is 1. The molecule has 1 aromatic heterocycles. The molecule has 0 bridgehead atoms. The zero-order valence-electron chi connectivity index (χ0n) is 9.52. The van der Waals surface area contributed by atoms with E-state index >= 15 is 0 Å². The van der Waals surface area contributed by atoms with Crippen LogP contribution < -0.4 is 0 Å². The number of carboxylic acid groups (broad SMARTS) is 1. The van der Waals surface area contributed by atoms with Crippen molar-refractivity contribution < 1.29 is 23.1 Å². The van der Waals surface area contributed by atoms with E-state index in [4.69, 9.17) is 5.11 Å². The second-order valence-electron chi connectivity index (χ2n) is 4.48. The SMILES string of the molecule is O=C(O)C1CCCCC1n1ccc(C(F)(F)F)n1. The number of carboxylic acids is 1. The third kappa shape index (κ3) is 2.49. The third-order valence-electron chi connectivity index (χ3n) is 3.29. The van der Waals surface area contributed by atoms with E-state index in [-0.39, 0.29) is 0 Å². The van der Waals surface area contributed by atoms with Gasteiger partial charge in [0.2, 0.25) is 0 Å². The van der Waals surface area contributed by atoms with Crippen LogP contribution in [0.2, 0.25) is 0 Å². The molecule has 1 fully saturated rings. The minimum atomic E-state index is -4.49. The highest BCUT2D eigenvalue weighted by atomic mass is 19.4. The van der Waals surface area contributed by atoms with Crippen LogP contribution in [0.15, 0.2) is 12.3 Å². The highest BCUT2D eigenvalue weighted by Gasteiger charge is 2.37. The lowest BCUT2D eigenvalue weighted by Crippen LogP contribution is -2.30. The summed E-state index contributed by atoms with van der Waals surface area (Å²) in [6.07, 6.45) is -0.624. The Kier molecular flexibility index (Phi) is 3.32. The van der Waals surface area contributed by atoms with Crippen molar-refractivity contribution in [1.29, 1.82) is 0 Å². The maximum Gasteiger partial charge on any atom is 0.435 e. The molecular formula is C11H13F3N2O2. The lowest BCUT2D eigenvalue weighted by molar-refractivity contribution is -0.144. The van der Waals surface area contributed by atoms with Gasteiger partial charge in [0.15, 0.2) is 5.69 Å². The topological polar surface area (TPSA) is 55.1 Å². The summed E-state index contributed by atoms with van der Waals surface area (Å²) in [7, 11) is 0. The van der Waals surface area contributed by atoms with E-state index in [2.05, 4.69) is 5.10 Å². The first kappa shape index (κ1) is 12.9. The number of halogens is 3. The standard InChI is InChI=1S/C11H13F3N2O2/c12-11(13,14)9-5-6-16(15-9)8-4-2-1-3-7(8)10(17)18/h5-8H,1-4H2,(H,17,18). The molecule has 1 saturated carbocycles. The molecule has 0 aromatic carbocycles. The van der Waals surface area contributed by atoms with E-state index in [1.807, 2.05) is 0 Å². The Labute approximate surface area is 101 Å². The van der Waals surface area contributed by atoms with Crippen molar-refractivity contribution in [3.63, 3.8) is 0 Å². The van der Waals surface area contributed by atoms with Crippen molar-refractivity contribution in [2.75, 3.05) is 0 Å². The van der Waals surface area contributed by atoms with Gasteiger partial charge in [-0.1, -0.05) is 12.8 Å². The van der Waals surface area contributed by atoms with E-state index < -0.39 is 29.8 Å². The van der Waals surface area contributed by atoms with Gasteiger partial charge in [-0.05, 0) is 18.9 Å². The Balaban J connectivity index is 2.24. The number of carbonyl (C=O) groups is 1. The largest absolute Gasteiger partial charge is 0.481 e. The first-order chi connectivity index (χ1) is 8.39. The van der Waals surface area contributed by atoms with Gasteiger partial charge in [-0.2, -0.15) is 18.3 Å². The molecular weight excluding hydrogens is 249 g/mol. The number of hydrogen-bond donors (Lipinski definition) is 1. The Bertz CT molecular complexity index is 442. The highest BCUT2D eigenvalue weighted by molar-refractivity contribution is 5.70. The molecule has 0 saturated heterocycles. The number of aromatic nitrogens is 2. The fourth-order valence-electron chi connectivity index (χ4n) is 2.39. The summed E-state index contributed by atoms with van der Waals surface area (Å²) in [5, 5.41) is 12.5. The van der Waals surface area contributed by atoms with Crippen LogP contribution in [-0.4, -0.2) is 20.9 Å². The third-order valence-corrected chi connectivity index (χ3v) is 3.29. The predicted octanol–water partition coefficient (Wildman–Crippen LogP) is 2.72. The number of nitrogens with zero attached hydrogens (tertiary/aromatic N) is 2. The molecule has 0 amide bonds. The van der Waals surface area contributed by atoms with Crippen LogP contribution in [-0.2, 0) is 11.0 Å². The summed E-state index contributed by atoms with van der Waals surface area (Å²) < 4.78 is 38.4. The van der Waals surface area contributed by atoms with Crippen molar-refractivity contribution in [2.24, 2.45) is 5.92 Å². The summed E-state index contributed by atoms with van der Waals surface area (Å²) in [4.78, 5) is 11.1. The van der Waals surface area contributed by atoms with Crippen LogP contribution in [0.3, 0.4) is 0 Å². The molecule has 18 heavy (non-hydrogen) atoms. The summed E-state index contributed by atoms with van der Waals surface area (Å²) in [5.74, 6) is -1.62. The average Bonchev–Trinajstić information content (AvgIpc) is 2.77. The highest BCUT2D eigenvalue weighted by Crippen LogP contribution is 2.35. The minimum absolute atomic E-state index is 0.479. The molecule has 1 aromatic rings. The van der Waals surface area contributed by atoms with Gasteiger partial charge in [-0.3, -0.25) is 9.48 Å². The molecule has 2 rings (SSSR count). The fraction of sp³-hybridized carbons (Fsp3) is 0.636. The molecule has 2 atom stereocenters. The summed E-state index contributed by atoms with van der Waals surface area (Å²) in [6.45, 7) is 0. The fourth-order valence-corrected chi connectivity index (χ4v) is 2.39. The maximum atomic E-state index is 12.4. The Hall–Kier alpha value is -1.53. The van der Waals surface area contributed by atoms with Gasteiger partial charge >= 0.3 is 12.1 Å². The van der Waals surface area contributed by atoms with E-state index in [1.165, 1.54) is 6.20 Å². The molecule has 0 aliphatic heterocycles. The van der Waals surface area contributed by atoms with Crippen molar-refractivity contribution in [1.82, 2.24) is 9.78 Å². The van der Waals surface area contributed by atoms with Crippen LogP contribution >= 0.6 is 0 Å². The van der Waals surface area contributed by atoms with Crippen molar-refractivity contribution in [2.45, 2.75) is 37.9 Å². The number of rotatable bonds is 2. The van der Waals surface area contributed by atoms with Gasteiger partial charge in [0, 0.05) is 6.20 Å². The summed E-state index contributed by atoms with van der Waals surface area (Å²) in [5.41, 5.74) is -0.975. The molecule has 2 unspecified atom stereocenters. The van der Waals surface area contributed by atoms with Gasteiger partial charge in [0.05, 0.1) is 12.0 Å². The molecule has 1 aliphatic carbocycles. The smallest absolute Gasteiger partial charge is 0.435 e. The quantitative estimate of drug-likeness (QED) is 0.891. The first-order valence-corrected chi connectivity index (χ1v) is 5.75. The maximum absolute atomic E-state index is 12.4. The van der Waals surface area contributed by atoms with Crippen LogP contribution in [0.5, 0.6) is 0 Å². The molecule has 0 spiro atoms. The van der Waals surface area contributed by atoms with Crippen molar-refractivity contribution >= 4 is 5.97 Å². The average molecular weight is 262 g/mol. The van der Waals surface area contributed by atoms with Gasteiger partial charge in [-0.15, -0.1) is 0 Å². The lowest BCUT2D eigenvalue weighted by Gasteiger charge is -2.28. The Morgan fingerprint density at radius 3 is 2.61 bits per heavy atom. The molecule has 1 aliphatic rings. The molecule has 7 heteroatoms. The Morgan fingerprint density at radius 2 is 2.06 bits per heavy atom. The lowest BCUT2D eigenvalue weighted by atomic mass is 9.85. The molecule has 100 valence electrons. The second kappa shape index (κ2) is 4.62. The number of alkyl halides is 3. The molecule has 1 N–H and O–H groups in total. The molecule has 1 heterocycles. The van der Waals surface area contributed by atoms with Gasteiger partial charge in [0.25, 0.3) is 0 Å².